The van der Waals surface area contributed by atoms with Gasteiger partial charge in [-0.05, 0) is 25.3 Å². The minimum Gasteiger partial charge on any atom is -0.251 e. The summed E-state index contributed by atoms with van der Waals surface area (Å²) in [4.78, 5) is 4.34. The van der Waals surface area contributed by atoms with Crippen LogP contribution in [0.4, 0.5) is 0 Å². The van der Waals surface area contributed by atoms with E-state index >= 15 is 0 Å². The molecule has 0 aromatic rings. The van der Waals surface area contributed by atoms with Gasteiger partial charge in [-0.1, -0.05) is 26.3 Å². The van der Waals surface area contributed by atoms with Crippen molar-refractivity contribution >= 4 is 0 Å². The highest BCUT2D eigenvalue weighted by molar-refractivity contribution is 5.04. The molecule has 0 aliphatic heterocycles. The lowest BCUT2D eigenvalue weighted by Gasteiger charge is -2.12. The Morgan fingerprint density at radius 2 is 2.18 bits per heavy atom. The van der Waals surface area contributed by atoms with Crippen LogP contribution in [0.2, 0.25) is 0 Å². The summed E-state index contributed by atoms with van der Waals surface area (Å²) in [5, 5.41) is 8.51. The molecule has 1 unspecified atom stereocenters. The molecular formula is C9H18O2. The average Bonchev–Trinajstić information content (AvgIpc) is 2.00. The van der Waals surface area contributed by atoms with Gasteiger partial charge in [0.1, 0.15) is 6.10 Å². The van der Waals surface area contributed by atoms with E-state index in [0.29, 0.717) is 0 Å². The maximum atomic E-state index is 8.51. The second-order valence-corrected chi connectivity index (χ2v) is 2.74. The maximum absolute atomic E-state index is 8.51. The monoisotopic (exact) mass is 158 g/mol. The van der Waals surface area contributed by atoms with E-state index in [-0.39, 0.29) is 6.10 Å². The van der Waals surface area contributed by atoms with Crippen LogP contribution < -0.4 is 0 Å². The fraction of sp³-hybridized carbons (Fsp3) is 0.778. The molecule has 0 amide bonds. The van der Waals surface area contributed by atoms with E-state index in [1.54, 1.807) is 0 Å². The van der Waals surface area contributed by atoms with E-state index in [4.69, 9.17) is 5.26 Å². The first-order valence-corrected chi connectivity index (χ1v) is 4.23. The molecule has 0 radical (unpaired) electrons. The quantitative estimate of drug-likeness (QED) is 0.378. The van der Waals surface area contributed by atoms with Gasteiger partial charge in [0, 0.05) is 0 Å². The molecule has 0 saturated carbocycles. The molecule has 0 heterocycles. The summed E-state index contributed by atoms with van der Waals surface area (Å²) in [6.45, 7) is 6.13. The number of hydrogen-bond donors (Lipinski definition) is 1. The van der Waals surface area contributed by atoms with Crippen LogP contribution in [0, 0.1) is 0 Å². The van der Waals surface area contributed by atoms with Crippen LogP contribution in [0.1, 0.15) is 40.0 Å². The third-order valence-electron chi connectivity index (χ3n) is 1.71. The van der Waals surface area contributed by atoms with Gasteiger partial charge < -0.3 is 0 Å². The van der Waals surface area contributed by atoms with Gasteiger partial charge in [-0.15, -0.1) is 0 Å². The minimum atomic E-state index is -0.0973. The van der Waals surface area contributed by atoms with E-state index < -0.39 is 0 Å². The summed E-state index contributed by atoms with van der Waals surface area (Å²) in [6, 6.07) is 0. The summed E-state index contributed by atoms with van der Waals surface area (Å²) < 4.78 is 0. The third kappa shape index (κ3) is 4.17. The molecule has 2 heteroatoms. The Hall–Kier alpha value is -0.340. The largest absolute Gasteiger partial charge is 0.251 e. The molecule has 1 atom stereocenters. The van der Waals surface area contributed by atoms with Gasteiger partial charge in [0.05, 0.1) is 0 Å². The van der Waals surface area contributed by atoms with Gasteiger partial charge >= 0.3 is 0 Å². The Balaban J connectivity index is 3.90. The molecule has 0 aromatic carbocycles. The van der Waals surface area contributed by atoms with E-state index in [2.05, 4.69) is 24.8 Å². The molecule has 0 rings (SSSR count). The summed E-state index contributed by atoms with van der Waals surface area (Å²) in [7, 11) is 0. The Kier molecular flexibility index (Phi) is 6.18. The summed E-state index contributed by atoms with van der Waals surface area (Å²) in [5.41, 5.74) is 1.12. The summed E-state index contributed by atoms with van der Waals surface area (Å²) in [6.07, 6.45) is 4.89. The first-order valence-electron chi connectivity index (χ1n) is 4.23. The number of allylic oxidation sites excluding steroid dienone is 1. The Morgan fingerprint density at radius 1 is 1.55 bits per heavy atom. The van der Waals surface area contributed by atoms with Crippen LogP contribution in [0.5, 0.6) is 0 Å². The second kappa shape index (κ2) is 6.38. The molecule has 0 spiro atoms. The van der Waals surface area contributed by atoms with E-state index in [1.807, 2.05) is 6.92 Å². The zero-order valence-electron chi connectivity index (χ0n) is 7.63. The van der Waals surface area contributed by atoms with Crippen LogP contribution in [0.15, 0.2) is 11.6 Å². The fourth-order valence-corrected chi connectivity index (χ4v) is 1.08. The van der Waals surface area contributed by atoms with Gasteiger partial charge in [-0.2, -0.15) is 0 Å². The first-order chi connectivity index (χ1) is 5.26. The Bertz CT molecular complexity index is 119. The molecule has 0 fully saturated rings. The molecule has 1 N–H and O–H groups in total. The molecule has 0 bridgehead atoms. The van der Waals surface area contributed by atoms with Crippen LogP contribution in [-0.4, -0.2) is 11.4 Å². The van der Waals surface area contributed by atoms with Crippen LogP contribution >= 0.6 is 0 Å². The standard InChI is InChI=1S/C9H18O2/c1-4-6-8(3)9(11-10)7-5-2/h6,9-10H,4-5,7H2,1-3H3/b8-6+. The van der Waals surface area contributed by atoms with E-state index in [1.165, 1.54) is 0 Å². The number of hydrogen-bond acceptors (Lipinski definition) is 2. The predicted octanol–water partition coefficient (Wildman–Crippen LogP) is 3.00. The molecular weight excluding hydrogens is 140 g/mol. The summed E-state index contributed by atoms with van der Waals surface area (Å²) >= 11 is 0. The first kappa shape index (κ1) is 10.7. The minimum absolute atomic E-state index is 0.0973. The van der Waals surface area contributed by atoms with Crippen LogP contribution in [-0.2, 0) is 4.89 Å². The van der Waals surface area contributed by atoms with Crippen molar-refractivity contribution in [1.82, 2.24) is 0 Å². The SMILES string of the molecule is CC/C=C(\C)C(CCC)OO. The van der Waals surface area contributed by atoms with Crippen molar-refractivity contribution in [3.05, 3.63) is 11.6 Å². The van der Waals surface area contributed by atoms with Crippen molar-refractivity contribution < 1.29 is 10.1 Å². The highest BCUT2D eigenvalue weighted by Gasteiger charge is 2.08. The lowest BCUT2D eigenvalue weighted by atomic mass is 10.1. The van der Waals surface area contributed by atoms with Gasteiger partial charge in [-0.25, -0.2) is 4.89 Å². The second-order valence-electron chi connectivity index (χ2n) is 2.74. The lowest BCUT2D eigenvalue weighted by Crippen LogP contribution is -2.11. The van der Waals surface area contributed by atoms with E-state index in [0.717, 1.165) is 24.8 Å². The van der Waals surface area contributed by atoms with Gasteiger partial charge in [0.15, 0.2) is 0 Å². The molecule has 2 nitrogen and oxygen atoms in total. The zero-order chi connectivity index (χ0) is 8.69. The summed E-state index contributed by atoms with van der Waals surface area (Å²) in [5.74, 6) is 0. The zero-order valence-corrected chi connectivity index (χ0v) is 7.63. The molecule has 0 aliphatic rings. The lowest BCUT2D eigenvalue weighted by molar-refractivity contribution is -0.269. The smallest absolute Gasteiger partial charge is 0.113 e. The van der Waals surface area contributed by atoms with Gasteiger partial charge in [-0.3, -0.25) is 5.26 Å². The van der Waals surface area contributed by atoms with Crippen molar-refractivity contribution in [1.29, 1.82) is 0 Å². The highest BCUT2D eigenvalue weighted by Crippen LogP contribution is 2.11. The fourth-order valence-electron chi connectivity index (χ4n) is 1.08. The average molecular weight is 158 g/mol. The number of rotatable bonds is 5. The van der Waals surface area contributed by atoms with Gasteiger partial charge in [0.25, 0.3) is 0 Å². The Labute approximate surface area is 68.8 Å². The Morgan fingerprint density at radius 3 is 2.55 bits per heavy atom. The molecule has 11 heavy (non-hydrogen) atoms. The maximum Gasteiger partial charge on any atom is 0.113 e. The van der Waals surface area contributed by atoms with Crippen LogP contribution in [0.25, 0.3) is 0 Å². The molecule has 66 valence electrons. The molecule has 0 aliphatic carbocycles. The van der Waals surface area contributed by atoms with Crippen molar-refractivity contribution in [3.8, 4) is 0 Å². The van der Waals surface area contributed by atoms with E-state index in [9.17, 15) is 0 Å². The predicted molar refractivity (Wildman–Crippen MR) is 46.5 cm³/mol. The third-order valence-corrected chi connectivity index (χ3v) is 1.71. The van der Waals surface area contributed by atoms with Crippen LogP contribution in [0.3, 0.4) is 0 Å². The van der Waals surface area contributed by atoms with Gasteiger partial charge in [0.2, 0.25) is 0 Å². The normalized spacial score (nSPS) is 15.1. The topological polar surface area (TPSA) is 29.5 Å². The van der Waals surface area contributed by atoms with Crippen molar-refractivity contribution in [2.24, 2.45) is 0 Å². The molecule has 0 saturated heterocycles. The van der Waals surface area contributed by atoms with Crippen molar-refractivity contribution in [2.45, 2.75) is 46.1 Å². The van der Waals surface area contributed by atoms with Crippen molar-refractivity contribution in [2.75, 3.05) is 0 Å². The molecule has 0 aromatic heterocycles. The van der Waals surface area contributed by atoms with Crippen molar-refractivity contribution in [3.63, 3.8) is 0 Å². The highest BCUT2D eigenvalue weighted by atomic mass is 17.1.